The summed E-state index contributed by atoms with van der Waals surface area (Å²) in [7, 11) is -0.577. The normalized spacial score (nSPS) is 34.6. The van der Waals surface area contributed by atoms with Crippen molar-refractivity contribution in [2.75, 3.05) is 59.0 Å². The lowest BCUT2D eigenvalue weighted by Gasteiger charge is -2.63. The van der Waals surface area contributed by atoms with Crippen molar-refractivity contribution in [1.82, 2.24) is 14.8 Å². The Bertz CT molecular complexity index is 2560. The third-order valence-corrected chi connectivity index (χ3v) is 15.5. The van der Waals surface area contributed by atoms with Gasteiger partial charge < -0.3 is 39.0 Å². The van der Waals surface area contributed by atoms with Gasteiger partial charge in [-0.2, -0.15) is 8.42 Å². The molecule has 19 heteroatoms. The van der Waals surface area contributed by atoms with Crippen LogP contribution in [0.4, 0.5) is 5.69 Å². The zero-order valence-electron chi connectivity index (χ0n) is 37.4. The first kappa shape index (κ1) is 46.6. The number of hydrogen-bond acceptors (Lipinski definition) is 14. The Balaban J connectivity index is 0.00000109. The van der Waals surface area contributed by atoms with Gasteiger partial charge in [-0.1, -0.05) is 44.2 Å². The number of amides is 1. The molecule has 6 aliphatic rings. The van der Waals surface area contributed by atoms with Gasteiger partial charge in [-0.15, -0.1) is 0 Å². The number of piperidine rings is 1. The van der Waals surface area contributed by atoms with Crippen molar-refractivity contribution in [3.8, 4) is 5.75 Å². The fourth-order valence-electron chi connectivity index (χ4n) is 13.4. The number of rotatable bonds is 8. The standard InChI is InChI=1S/C46H56N4O10.H2O4S/c1-7-42(55)22-28-23-45(40(53)58-5,36-30(14-18-48(24-28)25-42)29-12-9-10-13-33(29)47-36)32-20-31-34(21-35(32)57-4)50(26-51)38-44(31)16-19-49-17-11-15-43(8-2,37(44)49)39(60-27(3)52)46(38,56)41(54)59-6;1-5(2,3)4/h9-13,15,20-21,26,28,37-39,47,55-56H,7-8,14,16-19,22-25H2,1-6H3;(H2,1,2,3,4)/t28-,37-,38+,39+,42-,43+,44?,45-,46-;/m0./s1. The molecule has 2 saturated heterocycles. The second-order valence-electron chi connectivity index (χ2n) is 18.6. The maximum Gasteiger partial charge on any atom is 0.394 e. The molecule has 18 nitrogen and oxygen atoms in total. The number of methoxy groups -OCH3 is 3. The van der Waals surface area contributed by atoms with Crippen molar-refractivity contribution in [2.24, 2.45) is 11.3 Å². The highest BCUT2D eigenvalue weighted by Gasteiger charge is 2.81. The van der Waals surface area contributed by atoms with Gasteiger partial charge in [0.15, 0.2) is 6.10 Å². The minimum absolute atomic E-state index is 0.155. The molecule has 1 aromatic heterocycles. The van der Waals surface area contributed by atoms with E-state index in [0.717, 1.165) is 16.5 Å². The number of aliphatic hydroxyl groups is 2. The Morgan fingerprint density at radius 1 is 0.954 bits per heavy atom. The molecule has 2 unspecified atom stereocenters. The largest absolute Gasteiger partial charge is 0.496 e. The molecule has 2 bridgehead atoms. The number of aromatic nitrogens is 1. The van der Waals surface area contributed by atoms with Crippen LogP contribution < -0.4 is 9.64 Å². The molecule has 1 spiro atoms. The van der Waals surface area contributed by atoms with Crippen molar-refractivity contribution in [3.05, 3.63) is 70.9 Å². The molecule has 6 heterocycles. The van der Waals surface area contributed by atoms with Crippen LogP contribution in [0, 0.1) is 11.3 Å². The predicted molar refractivity (Wildman–Crippen MR) is 235 cm³/mol. The number of aromatic amines is 1. The highest BCUT2D eigenvalue weighted by atomic mass is 32.3. The summed E-state index contributed by atoms with van der Waals surface area (Å²) in [5, 5.41) is 26.3. The first-order chi connectivity index (χ1) is 30.8. The molecular formula is C46H58N4O14S. The first-order valence-electron chi connectivity index (χ1n) is 22.0. The molecule has 1 amide bonds. The maximum absolute atomic E-state index is 15.3. The Hall–Kier alpha value is -4.89. The highest BCUT2D eigenvalue weighted by Crippen LogP contribution is 2.68. The van der Waals surface area contributed by atoms with Crippen LogP contribution in [0.3, 0.4) is 0 Å². The van der Waals surface area contributed by atoms with Crippen LogP contribution in [0.15, 0.2) is 48.6 Å². The number of H-pyrrole nitrogens is 1. The zero-order valence-corrected chi connectivity index (χ0v) is 38.2. The molecule has 3 aromatic rings. The molecular weight excluding hydrogens is 865 g/mol. The van der Waals surface area contributed by atoms with Crippen LogP contribution in [-0.4, -0.2) is 150 Å². The quantitative estimate of drug-likeness (QED) is 0.0717. The van der Waals surface area contributed by atoms with E-state index in [-0.39, 0.29) is 12.3 Å². The number of nitrogens with zero attached hydrogens (tertiary/aromatic N) is 3. The Kier molecular flexibility index (Phi) is 11.8. The molecule has 65 heavy (non-hydrogen) atoms. The number of carbonyl (C=O) groups is 4. The lowest BCUT2D eigenvalue weighted by atomic mass is 9.47. The number of para-hydroxylation sites is 1. The monoisotopic (exact) mass is 922 g/mol. The fourth-order valence-corrected chi connectivity index (χ4v) is 13.4. The number of hydrogen-bond donors (Lipinski definition) is 5. The molecule has 1 aliphatic carbocycles. The van der Waals surface area contributed by atoms with Crippen LogP contribution in [0.25, 0.3) is 10.9 Å². The van der Waals surface area contributed by atoms with E-state index >= 15 is 4.79 Å². The molecule has 5 aliphatic heterocycles. The van der Waals surface area contributed by atoms with Gasteiger partial charge in [0.25, 0.3) is 0 Å². The molecule has 10 atom stereocenters. The molecule has 5 N–H and O–H groups in total. The van der Waals surface area contributed by atoms with Crippen molar-refractivity contribution in [3.63, 3.8) is 0 Å². The van der Waals surface area contributed by atoms with Gasteiger partial charge in [-0.25, -0.2) is 4.79 Å². The third-order valence-electron chi connectivity index (χ3n) is 15.5. The molecule has 1 saturated carbocycles. The van der Waals surface area contributed by atoms with Crippen molar-refractivity contribution in [1.29, 1.82) is 0 Å². The van der Waals surface area contributed by atoms with E-state index in [1.807, 2.05) is 50.3 Å². The molecule has 3 fully saturated rings. The van der Waals surface area contributed by atoms with Crippen LogP contribution in [-0.2, 0) is 61.0 Å². The molecule has 9 rings (SSSR count). The SMILES string of the molecule is CC[C@]1(O)C[C@@H]2CN(CCc3c([nH]c4ccccc34)[C@@](C(=O)OC)(c3cc4c(cc3OC)N(C=O)[C@@H]3C45CCN4CC=C[C@](CC)([C@H]45)[C@@H](OC(C)=O)[C@]3(O)C(=O)OC)C2)C1.O=S(=O)(O)O. The van der Waals surface area contributed by atoms with Gasteiger partial charge in [0, 0.05) is 78.2 Å². The van der Waals surface area contributed by atoms with Crippen molar-refractivity contribution in [2.45, 2.75) is 99.5 Å². The number of fused-ring (bicyclic) bond motifs is 6. The van der Waals surface area contributed by atoms with Crippen LogP contribution in [0.1, 0.15) is 75.3 Å². The summed E-state index contributed by atoms with van der Waals surface area (Å²) in [5.74, 6) is -2.06. The van der Waals surface area contributed by atoms with E-state index in [4.69, 9.17) is 36.5 Å². The van der Waals surface area contributed by atoms with Crippen molar-refractivity contribution >= 4 is 51.3 Å². The number of anilines is 1. The molecule has 0 radical (unpaired) electrons. The number of esters is 3. The summed E-state index contributed by atoms with van der Waals surface area (Å²) in [6.45, 7) is 8.16. The van der Waals surface area contributed by atoms with Gasteiger partial charge >= 0.3 is 28.3 Å². The summed E-state index contributed by atoms with van der Waals surface area (Å²) in [5.41, 5.74) is -3.15. The van der Waals surface area contributed by atoms with E-state index in [2.05, 4.69) is 20.9 Å². The number of benzene rings is 2. The zero-order chi connectivity index (χ0) is 47.1. The third kappa shape index (κ3) is 6.90. The average molecular weight is 923 g/mol. The minimum atomic E-state index is -4.67. The predicted octanol–water partition coefficient (Wildman–Crippen LogP) is 2.86. The lowest BCUT2D eigenvalue weighted by Crippen LogP contribution is -2.81. The van der Waals surface area contributed by atoms with E-state index in [1.54, 1.807) is 6.07 Å². The lowest BCUT2D eigenvalue weighted by molar-refractivity contribution is -0.228. The van der Waals surface area contributed by atoms with Gasteiger partial charge in [0.1, 0.15) is 11.2 Å². The Morgan fingerprint density at radius 2 is 1.66 bits per heavy atom. The van der Waals surface area contributed by atoms with E-state index in [9.17, 15) is 24.6 Å². The van der Waals surface area contributed by atoms with Gasteiger partial charge in [0.2, 0.25) is 12.0 Å². The summed E-state index contributed by atoms with van der Waals surface area (Å²) in [6.07, 6.45) is 5.83. The van der Waals surface area contributed by atoms with E-state index < -0.39 is 73.9 Å². The highest BCUT2D eigenvalue weighted by molar-refractivity contribution is 7.79. The van der Waals surface area contributed by atoms with E-state index in [1.165, 1.54) is 33.2 Å². The fraction of sp³-hybridized carbons (Fsp3) is 0.565. The Morgan fingerprint density at radius 3 is 2.29 bits per heavy atom. The number of ether oxygens (including phenoxy) is 4. The van der Waals surface area contributed by atoms with Gasteiger partial charge in [0.05, 0.1) is 38.7 Å². The Labute approximate surface area is 377 Å². The van der Waals surface area contributed by atoms with Crippen LogP contribution in [0.5, 0.6) is 5.75 Å². The second kappa shape index (κ2) is 16.5. The molecule has 2 aromatic carbocycles. The van der Waals surface area contributed by atoms with Crippen LogP contribution in [0.2, 0.25) is 0 Å². The van der Waals surface area contributed by atoms with Gasteiger partial charge in [-0.05, 0) is 74.2 Å². The number of carbonyl (C=O) groups excluding carboxylic acids is 4. The second-order valence-corrected chi connectivity index (χ2v) is 19.4. The summed E-state index contributed by atoms with van der Waals surface area (Å²) in [6, 6.07) is 9.97. The summed E-state index contributed by atoms with van der Waals surface area (Å²) >= 11 is 0. The smallest absolute Gasteiger partial charge is 0.394 e. The topological polar surface area (TPSA) is 246 Å². The average Bonchev–Trinajstić information content (AvgIpc) is 3.95. The maximum atomic E-state index is 15.3. The summed E-state index contributed by atoms with van der Waals surface area (Å²) < 4.78 is 55.3. The molecule has 352 valence electrons. The van der Waals surface area contributed by atoms with Crippen molar-refractivity contribution < 1.29 is 65.9 Å². The van der Waals surface area contributed by atoms with E-state index in [0.29, 0.717) is 99.5 Å². The first-order valence-corrected chi connectivity index (χ1v) is 23.4. The minimum Gasteiger partial charge on any atom is -0.496 e. The van der Waals surface area contributed by atoms with Gasteiger partial charge in [-0.3, -0.25) is 33.3 Å². The number of nitrogens with one attached hydrogen (secondary N) is 1. The van der Waals surface area contributed by atoms with Crippen LogP contribution >= 0.6 is 0 Å². The summed E-state index contributed by atoms with van der Waals surface area (Å²) in [4.78, 5) is 66.1.